The minimum Gasteiger partial charge on any atom is -0.484 e. The maximum Gasteiger partial charge on any atom is 0.262 e. The van der Waals surface area contributed by atoms with Crippen LogP contribution >= 0.6 is 11.3 Å². The molecule has 4 heteroatoms. The second kappa shape index (κ2) is 8.00. The molecular weight excluding hydrogens is 318 g/mol. The summed E-state index contributed by atoms with van der Waals surface area (Å²) in [7, 11) is 0. The number of hydrogen-bond acceptors (Lipinski definition) is 3. The minimum atomic E-state index is -0.206. The highest BCUT2D eigenvalue weighted by Crippen LogP contribution is 2.12. The Morgan fingerprint density at radius 3 is 2.67 bits per heavy atom. The van der Waals surface area contributed by atoms with Crippen LogP contribution in [-0.2, 0) is 4.79 Å². The van der Waals surface area contributed by atoms with Gasteiger partial charge in [0.05, 0.1) is 4.88 Å². The number of carbonyl (C=O) groups is 1. The van der Waals surface area contributed by atoms with E-state index >= 15 is 0 Å². The summed E-state index contributed by atoms with van der Waals surface area (Å²) in [5.74, 6) is 6.66. The molecule has 24 heavy (non-hydrogen) atoms. The highest BCUT2D eigenvalue weighted by atomic mass is 32.1. The maximum atomic E-state index is 12.0. The number of ether oxygens (including phenoxy) is 1. The molecule has 0 aliphatic carbocycles. The van der Waals surface area contributed by atoms with Crippen LogP contribution in [0.3, 0.4) is 0 Å². The molecule has 0 atom stereocenters. The molecule has 1 aromatic heterocycles. The van der Waals surface area contributed by atoms with Crippen LogP contribution in [0.25, 0.3) is 0 Å². The molecule has 118 valence electrons. The summed E-state index contributed by atoms with van der Waals surface area (Å²) < 4.78 is 5.43. The second-order valence-electron chi connectivity index (χ2n) is 4.96. The maximum absolute atomic E-state index is 12.0. The van der Waals surface area contributed by atoms with Crippen LogP contribution in [0.15, 0.2) is 72.1 Å². The lowest BCUT2D eigenvalue weighted by molar-refractivity contribution is -0.118. The van der Waals surface area contributed by atoms with Gasteiger partial charge in [0.25, 0.3) is 5.91 Å². The van der Waals surface area contributed by atoms with Crippen LogP contribution in [0.4, 0.5) is 5.69 Å². The van der Waals surface area contributed by atoms with Crippen molar-refractivity contribution < 1.29 is 9.53 Å². The number of para-hydroxylation sites is 1. The Hall–Kier alpha value is -3.03. The average molecular weight is 333 g/mol. The van der Waals surface area contributed by atoms with Crippen molar-refractivity contribution in [3.63, 3.8) is 0 Å². The van der Waals surface area contributed by atoms with Crippen molar-refractivity contribution in [3.8, 4) is 17.6 Å². The van der Waals surface area contributed by atoms with Gasteiger partial charge in [-0.05, 0) is 41.8 Å². The zero-order valence-corrected chi connectivity index (χ0v) is 13.7. The van der Waals surface area contributed by atoms with Crippen LogP contribution in [-0.4, -0.2) is 12.5 Å². The first-order valence-electron chi connectivity index (χ1n) is 7.43. The Bertz CT molecular complexity index is 861. The van der Waals surface area contributed by atoms with Gasteiger partial charge >= 0.3 is 0 Å². The van der Waals surface area contributed by atoms with Crippen molar-refractivity contribution in [2.75, 3.05) is 11.9 Å². The van der Waals surface area contributed by atoms with E-state index in [4.69, 9.17) is 4.74 Å². The lowest BCUT2D eigenvalue weighted by atomic mass is 10.2. The van der Waals surface area contributed by atoms with E-state index in [2.05, 4.69) is 17.2 Å². The zero-order chi connectivity index (χ0) is 16.6. The number of carbonyl (C=O) groups excluding carboxylic acids is 1. The predicted molar refractivity (Wildman–Crippen MR) is 97.3 cm³/mol. The molecule has 0 radical (unpaired) electrons. The summed E-state index contributed by atoms with van der Waals surface area (Å²) in [5, 5.41) is 4.81. The van der Waals surface area contributed by atoms with Gasteiger partial charge in [-0.3, -0.25) is 4.79 Å². The fourth-order valence-electron chi connectivity index (χ4n) is 2.02. The van der Waals surface area contributed by atoms with E-state index in [0.29, 0.717) is 11.4 Å². The third-order valence-electron chi connectivity index (χ3n) is 3.11. The molecule has 0 unspecified atom stereocenters. The molecule has 3 rings (SSSR count). The highest BCUT2D eigenvalue weighted by Gasteiger charge is 2.04. The Balaban J connectivity index is 1.59. The molecule has 0 spiro atoms. The number of rotatable bonds is 4. The third kappa shape index (κ3) is 4.73. The Labute approximate surface area is 144 Å². The van der Waals surface area contributed by atoms with E-state index in [0.717, 1.165) is 10.4 Å². The van der Waals surface area contributed by atoms with Crippen molar-refractivity contribution in [3.05, 3.63) is 82.6 Å². The summed E-state index contributed by atoms with van der Waals surface area (Å²) in [6, 6.07) is 20.7. The summed E-state index contributed by atoms with van der Waals surface area (Å²) >= 11 is 1.60. The normalized spacial score (nSPS) is 9.67. The van der Waals surface area contributed by atoms with E-state index < -0.39 is 0 Å². The van der Waals surface area contributed by atoms with Gasteiger partial charge in [0.15, 0.2) is 6.61 Å². The number of anilines is 1. The van der Waals surface area contributed by atoms with Crippen LogP contribution in [0, 0.1) is 11.8 Å². The summed E-state index contributed by atoms with van der Waals surface area (Å²) in [4.78, 5) is 13.0. The zero-order valence-electron chi connectivity index (χ0n) is 12.9. The van der Waals surface area contributed by atoms with E-state index in [-0.39, 0.29) is 12.5 Å². The van der Waals surface area contributed by atoms with Gasteiger partial charge in [0.2, 0.25) is 0 Å². The molecule has 1 heterocycles. The molecule has 1 N–H and O–H groups in total. The molecule has 2 aromatic carbocycles. The second-order valence-corrected chi connectivity index (χ2v) is 5.91. The quantitative estimate of drug-likeness (QED) is 0.728. The fraction of sp³-hybridized carbons (Fsp3) is 0.0500. The lowest BCUT2D eigenvalue weighted by Gasteiger charge is -2.07. The van der Waals surface area contributed by atoms with Gasteiger partial charge in [-0.25, -0.2) is 0 Å². The highest BCUT2D eigenvalue weighted by molar-refractivity contribution is 7.10. The van der Waals surface area contributed by atoms with Crippen molar-refractivity contribution in [1.29, 1.82) is 0 Å². The Kier molecular flexibility index (Phi) is 5.28. The van der Waals surface area contributed by atoms with Crippen LogP contribution in [0.5, 0.6) is 5.75 Å². The smallest absolute Gasteiger partial charge is 0.262 e. The monoisotopic (exact) mass is 333 g/mol. The van der Waals surface area contributed by atoms with Gasteiger partial charge in [0.1, 0.15) is 5.75 Å². The molecule has 3 aromatic rings. The Morgan fingerprint density at radius 2 is 1.88 bits per heavy atom. The summed E-state index contributed by atoms with van der Waals surface area (Å²) in [5.41, 5.74) is 1.56. The number of hydrogen-bond donors (Lipinski definition) is 1. The first-order chi connectivity index (χ1) is 11.8. The average Bonchev–Trinajstić information content (AvgIpc) is 3.13. The molecule has 0 aliphatic rings. The van der Waals surface area contributed by atoms with Crippen LogP contribution in [0.1, 0.15) is 10.4 Å². The number of thiophene rings is 1. The number of nitrogens with one attached hydrogen (secondary N) is 1. The van der Waals surface area contributed by atoms with Gasteiger partial charge < -0.3 is 10.1 Å². The lowest BCUT2D eigenvalue weighted by Crippen LogP contribution is -2.20. The molecule has 0 saturated carbocycles. The van der Waals surface area contributed by atoms with E-state index in [1.807, 2.05) is 72.1 Å². The first-order valence-corrected chi connectivity index (χ1v) is 8.31. The predicted octanol–water partition coefficient (Wildman–Crippen LogP) is 4.17. The molecule has 0 aliphatic heterocycles. The first kappa shape index (κ1) is 15.9. The molecular formula is C20H15NO2S. The van der Waals surface area contributed by atoms with Gasteiger partial charge in [-0.2, -0.15) is 0 Å². The van der Waals surface area contributed by atoms with Gasteiger partial charge in [-0.1, -0.05) is 42.2 Å². The van der Waals surface area contributed by atoms with Crippen molar-refractivity contribution in [1.82, 2.24) is 0 Å². The number of benzene rings is 2. The van der Waals surface area contributed by atoms with Crippen molar-refractivity contribution in [2.24, 2.45) is 0 Å². The van der Waals surface area contributed by atoms with Gasteiger partial charge in [-0.15, -0.1) is 11.3 Å². The molecule has 0 bridgehead atoms. The minimum absolute atomic E-state index is 0.0326. The Morgan fingerprint density at radius 1 is 1.00 bits per heavy atom. The van der Waals surface area contributed by atoms with Gasteiger partial charge in [0, 0.05) is 11.3 Å². The fourth-order valence-corrected chi connectivity index (χ4v) is 2.59. The topological polar surface area (TPSA) is 38.3 Å². The summed E-state index contributed by atoms with van der Waals surface area (Å²) in [6.07, 6.45) is 0. The largest absolute Gasteiger partial charge is 0.484 e. The van der Waals surface area contributed by atoms with E-state index in [1.54, 1.807) is 11.3 Å². The molecule has 3 nitrogen and oxygen atoms in total. The number of amides is 1. The van der Waals surface area contributed by atoms with Crippen molar-refractivity contribution >= 4 is 22.9 Å². The van der Waals surface area contributed by atoms with E-state index in [9.17, 15) is 4.79 Å². The van der Waals surface area contributed by atoms with Crippen LogP contribution < -0.4 is 10.1 Å². The SMILES string of the molecule is O=C(COc1ccccc1)Nc1cccc(C#Cc2cccs2)c1. The molecule has 0 saturated heterocycles. The van der Waals surface area contributed by atoms with Crippen LogP contribution in [0.2, 0.25) is 0 Å². The van der Waals surface area contributed by atoms with E-state index in [1.165, 1.54) is 0 Å². The molecule has 0 fully saturated rings. The standard InChI is InChI=1S/C20H15NO2S/c22-20(15-23-18-8-2-1-3-9-18)21-17-7-4-6-16(14-17)11-12-19-10-5-13-24-19/h1-10,13-14H,15H2,(H,21,22). The summed E-state index contributed by atoms with van der Waals surface area (Å²) in [6.45, 7) is -0.0326. The van der Waals surface area contributed by atoms with Crippen molar-refractivity contribution in [2.45, 2.75) is 0 Å². The molecule has 1 amide bonds. The third-order valence-corrected chi connectivity index (χ3v) is 3.90.